The molecule has 0 aliphatic rings. The van der Waals surface area contributed by atoms with Gasteiger partial charge in [0.25, 0.3) is 0 Å². The van der Waals surface area contributed by atoms with Crippen LogP contribution in [0.25, 0.3) is 0 Å². The molecule has 1 heterocycles. The third kappa shape index (κ3) is 3.00. The molecule has 1 atom stereocenters. The van der Waals surface area contributed by atoms with E-state index in [0.29, 0.717) is 5.88 Å². The van der Waals surface area contributed by atoms with Crippen molar-refractivity contribution >= 4 is 0 Å². The van der Waals surface area contributed by atoms with Gasteiger partial charge >= 0.3 is 0 Å². The molecule has 1 aromatic rings. The molecule has 0 radical (unpaired) electrons. The lowest BCUT2D eigenvalue weighted by Crippen LogP contribution is -2.10. The Morgan fingerprint density at radius 3 is 2.79 bits per heavy atom. The van der Waals surface area contributed by atoms with Gasteiger partial charge in [-0.05, 0) is 12.0 Å². The van der Waals surface area contributed by atoms with Gasteiger partial charge in [0, 0.05) is 18.3 Å². The molecular weight excluding hydrogens is 176 g/mol. The van der Waals surface area contributed by atoms with E-state index in [-0.39, 0.29) is 6.04 Å². The molecule has 0 bridgehead atoms. The summed E-state index contributed by atoms with van der Waals surface area (Å²) >= 11 is 0. The number of ether oxygens (including phenoxy) is 1. The van der Waals surface area contributed by atoms with E-state index in [1.807, 2.05) is 12.1 Å². The minimum atomic E-state index is 0.105. The van der Waals surface area contributed by atoms with Crippen LogP contribution in [-0.4, -0.2) is 12.1 Å². The highest BCUT2D eigenvalue weighted by Gasteiger charge is 2.05. The quantitative estimate of drug-likeness (QED) is 0.782. The number of hydrogen-bond donors (Lipinski definition) is 1. The van der Waals surface area contributed by atoms with Gasteiger partial charge in [-0.25, -0.2) is 4.98 Å². The lowest BCUT2D eigenvalue weighted by atomic mass is 10.0. The van der Waals surface area contributed by atoms with Crippen molar-refractivity contribution in [2.75, 3.05) is 7.11 Å². The number of hydrogen-bond acceptors (Lipinski definition) is 3. The number of pyridine rings is 1. The Hall–Kier alpha value is -1.09. The molecule has 0 fully saturated rings. The van der Waals surface area contributed by atoms with E-state index >= 15 is 0 Å². The third-order valence-corrected chi connectivity index (χ3v) is 2.27. The Labute approximate surface area is 85.3 Å². The lowest BCUT2D eigenvalue weighted by molar-refractivity contribution is 0.397. The molecule has 0 aromatic carbocycles. The summed E-state index contributed by atoms with van der Waals surface area (Å²) < 4.78 is 4.98. The van der Waals surface area contributed by atoms with Crippen LogP contribution in [0.1, 0.15) is 37.8 Å². The van der Waals surface area contributed by atoms with Crippen LogP contribution in [0.4, 0.5) is 0 Å². The topological polar surface area (TPSA) is 48.1 Å². The van der Waals surface area contributed by atoms with Gasteiger partial charge in [-0.15, -0.1) is 0 Å². The molecule has 3 heteroatoms. The number of aromatic nitrogens is 1. The van der Waals surface area contributed by atoms with Crippen molar-refractivity contribution in [1.29, 1.82) is 0 Å². The molecule has 78 valence electrons. The zero-order valence-corrected chi connectivity index (χ0v) is 8.86. The lowest BCUT2D eigenvalue weighted by Gasteiger charge is -2.10. The minimum absolute atomic E-state index is 0.105. The number of nitrogens with zero attached hydrogens (tertiary/aromatic N) is 1. The molecule has 0 aliphatic heterocycles. The van der Waals surface area contributed by atoms with Crippen LogP contribution in [0.5, 0.6) is 5.88 Å². The van der Waals surface area contributed by atoms with E-state index in [9.17, 15) is 0 Å². The molecule has 0 amide bonds. The number of unbranched alkanes of at least 4 members (excludes halogenated alkanes) is 1. The first-order chi connectivity index (χ1) is 6.77. The fourth-order valence-electron chi connectivity index (χ4n) is 1.32. The van der Waals surface area contributed by atoms with E-state index < -0.39 is 0 Å². The van der Waals surface area contributed by atoms with Crippen molar-refractivity contribution in [1.82, 2.24) is 4.98 Å². The monoisotopic (exact) mass is 194 g/mol. The smallest absolute Gasteiger partial charge is 0.212 e. The molecule has 14 heavy (non-hydrogen) atoms. The van der Waals surface area contributed by atoms with Gasteiger partial charge in [-0.1, -0.05) is 25.8 Å². The summed E-state index contributed by atoms with van der Waals surface area (Å²) in [7, 11) is 1.61. The number of nitrogens with two attached hydrogens (primary N) is 1. The summed E-state index contributed by atoms with van der Waals surface area (Å²) in [6, 6.07) is 3.93. The van der Waals surface area contributed by atoms with Crippen molar-refractivity contribution < 1.29 is 4.74 Å². The second-order valence-corrected chi connectivity index (χ2v) is 3.38. The van der Waals surface area contributed by atoms with Gasteiger partial charge in [-0.3, -0.25) is 0 Å². The van der Waals surface area contributed by atoms with E-state index in [1.165, 1.54) is 6.42 Å². The van der Waals surface area contributed by atoms with Crippen LogP contribution in [0.15, 0.2) is 18.3 Å². The van der Waals surface area contributed by atoms with E-state index in [4.69, 9.17) is 10.5 Å². The van der Waals surface area contributed by atoms with Crippen molar-refractivity contribution in [3.8, 4) is 5.88 Å². The Morgan fingerprint density at radius 1 is 1.50 bits per heavy atom. The zero-order chi connectivity index (χ0) is 10.4. The highest BCUT2D eigenvalue weighted by Crippen LogP contribution is 2.17. The van der Waals surface area contributed by atoms with Gasteiger partial charge in [0.2, 0.25) is 5.88 Å². The average Bonchev–Trinajstić information content (AvgIpc) is 2.26. The minimum Gasteiger partial charge on any atom is -0.481 e. The van der Waals surface area contributed by atoms with Crippen molar-refractivity contribution in [2.24, 2.45) is 5.73 Å². The van der Waals surface area contributed by atoms with Gasteiger partial charge in [0.05, 0.1) is 7.11 Å². The van der Waals surface area contributed by atoms with Crippen LogP contribution in [-0.2, 0) is 0 Å². The fraction of sp³-hybridized carbons (Fsp3) is 0.545. The third-order valence-electron chi connectivity index (χ3n) is 2.27. The molecule has 0 saturated heterocycles. The maximum absolute atomic E-state index is 5.99. The fourth-order valence-corrected chi connectivity index (χ4v) is 1.32. The SMILES string of the molecule is CCCCC(N)c1ccc(OC)nc1. The summed E-state index contributed by atoms with van der Waals surface area (Å²) in [5.74, 6) is 0.636. The summed E-state index contributed by atoms with van der Waals surface area (Å²) in [6.45, 7) is 2.17. The summed E-state index contributed by atoms with van der Waals surface area (Å²) in [5, 5.41) is 0. The largest absolute Gasteiger partial charge is 0.481 e. The maximum Gasteiger partial charge on any atom is 0.212 e. The van der Waals surface area contributed by atoms with Crippen LogP contribution in [0.3, 0.4) is 0 Å². The highest BCUT2D eigenvalue weighted by molar-refractivity contribution is 5.20. The van der Waals surface area contributed by atoms with Crippen molar-refractivity contribution in [3.63, 3.8) is 0 Å². The Bertz CT molecular complexity index is 258. The van der Waals surface area contributed by atoms with E-state index in [1.54, 1.807) is 13.3 Å². The average molecular weight is 194 g/mol. The Balaban J connectivity index is 2.57. The van der Waals surface area contributed by atoms with Crippen molar-refractivity contribution in [2.45, 2.75) is 32.2 Å². The molecular formula is C11H18N2O. The number of rotatable bonds is 5. The van der Waals surface area contributed by atoms with Crippen LogP contribution in [0.2, 0.25) is 0 Å². The maximum atomic E-state index is 5.99. The second kappa shape index (κ2) is 5.60. The normalized spacial score (nSPS) is 12.5. The summed E-state index contributed by atoms with van der Waals surface area (Å²) in [6.07, 6.45) is 5.15. The molecule has 0 aliphatic carbocycles. The van der Waals surface area contributed by atoms with Crippen LogP contribution >= 0.6 is 0 Å². The summed E-state index contributed by atoms with van der Waals surface area (Å²) in [5.41, 5.74) is 7.07. The molecule has 2 N–H and O–H groups in total. The van der Waals surface area contributed by atoms with Gasteiger partial charge in [0.1, 0.15) is 0 Å². The molecule has 0 saturated carbocycles. The first kappa shape index (κ1) is 11.0. The molecule has 0 spiro atoms. The van der Waals surface area contributed by atoms with Crippen LogP contribution < -0.4 is 10.5 Å². The highest BCUT2D eigenvalue weighted by atomic mass is 16.5. The van der Waals surface area contributed by atoms with Gasteiger partial charge in [0.15, 0.2) is 0 Å². The number of methoxy groups -OCH3 is 1. The Morgan fingerprint density at radius 2 is 2.29 bits per heavy atom. The predicted octanol–water partition coefficient (Wildman–Crippen LogP) is 2.28. The summed E-state index contributed by atoms with van der Waals surface area (Å²) in [4.78, 5) is 4.12. The molecule has 1 aromatic heterocycles. The van der Waals surface area contributed by atoms with E-state index in [2.05, 4.69) is 11.9 Å². The zero-order valence-electron chi connectivity index (χ0n) is 8.86. The Kier molecular flexibility index (Phi) is 4.40. The molecule has 3 nitrogen and oxygen atoms in total. The predicted molar refractivity (Wildman–Crippen MR) is 57.2 cm³/mol. The molecule has 1 rings (SSSR count). The van der Waals surface area contributed by atoms with E-state index in [0.717, 1.165) is 18.4 Å². The standard InChI is InChI=1S/C11H18N2O/c1-3-4-5-10(12)9-6-7-11(14-2)13-8-9/h6-8,10H,3-5,12H2,1-2H3. The second-order valence-electron chi connectivity index (χ2n) is 3.38. The first-order valence-electron chi connectivity index (χ1n) is 5.03. The van der Waals surface area contributed by atoms with Crippen LogP contribution in [0, 0.1) is 0 Å². The van der Waals surface area contributed by atoms with Crippen molar-refractivity contribution in [3.05, 3.63) is 23.9 Å². The first-order valence-corrected chi connectivity index (χ1v) is 5.03. The molecule has 1 unspecified atom stereocenters. The van der Waals surface area contributed by atoms with Gasteiger partial charge < -0.3 is 10.5 Å². The van der Waals surface area contributed by atoms with Gasteiger partial charge in [-0.2, -0.15) is 0 Å².